The molecule has 0 aliphatic heterocycles. The molecule has 86 valence electrons. The van der Waals surface area contributed by atoms with Crippen LogP contribution >= 0.6 is 12.4 Å². The lowest BCUT2D eigenvalue weighted by Gasteiger charge is -2.10. The summed E-state index contributed by atoms with van der Waals surface area (Å²) in [6.07, 6.45) is 1.82. The van der Waals surface area contributed by atoms with Gasteiger partial charge in [0.1, 0.15) is 6.04 Å². The molecule has 5 heteroatoms. The monoisotopic (exact) mass is 240 g/mol. The van der Waals surface area contributed by atoms with Crippen LogP contribution in [0, 0.1) is 0 Å². The Labute approximate surface area is 99.2 Å². The highest BCUT2D eigenvalue weighted by Crippen LogP contribution is 2.22. The number of hydrogen-bond donors (Lipinski definition) is 2. The Balaban J connectivity index is 0.00000128. The normalized spacial score (nSPS) is 11.9. The minimum Gasteiger partial charge on any atom is -0.468 e. The Morgan fingerprint density at radius 1 is 1.44 bits per heavy atom. The highest BCUT2D eigenvalue weighted by molar-refractivity contribution is 5.89. The van der Waals surface area contributed by atoms with Gasteiger partial charge in [-0.05, 0) is 17.7 Å². The number of carbonyl (C=O) groups is 1. The summed E-state index contributed by atoms with van der Waals surface area (Å²) in [6, 6.07) is 6.79. The van der Waals surface area contributed by atoms with Crippen LogP contribution in [0.15, 0.2) is 30.5 Å². The maximum Gasteiger partial charge on any atom is 0.327 e. The predicted octanol–water partition coefficient (Wildman–Crippen LogP) is 1.76. The van der Waals surface area contributed by atoms with Crippen LogP contribution in [0.25, 0.3) is 10.9 Å². The summed E-state index contributed by atoms with van der Waals surface area (Å²) in [7, 11) is 1.33. The van der Waals surface area contributed by atoms with E-state index in [0.29, 0.717) is 0 Å². The molecule has 0 radical (unpaired) electrons. The zero-order chi connectivity index (χ0) is 10.8. The number of aromatic amines is 1. The van der Waals surface area contributed by atoms with Crippen molar-refractivity contribution in [1.82, 2.24) is 4.98 Å². The molecule has 0 amide bonds. The molecule has 1 aromatic heterocycles. The Morgan fingerprint density at radius 3 is 2.88 bits per heavy atom. The van der Waals surface area contributed by atoms with Crippen LogP contribution in [-0.2, 0) is 9.53 Å². The van der Waals surface area contributed by atoms with Gasteiger partial charge in [-0.15, -0.1) is 12.4 Å². The van der Waals surface area contributed by atoms with Crippen molar-refractivity contribution < 1.29 is 9.53 Å². The third kappa shape index (κ3) is 2.03. The van der Waals surface area contributed by atoms with Gasteiger partial charge >= 0.3 is 5.97 Å². The number of halogens is 1. The average molecular weight is 241 g/mol. The van der Waals surface area contributed by atoms with Gasteiger partial charge in [0, 0.05) is 17.1 Å². The first kappa shape index (κ1) is 12.5. The van der Waals surface area contributed by atoms with Crippen molar-refractivity contribution in [2.24, 2.45) is 5.73 Å². The minimum absolute atomic E-state index is 0. The summed E-state index contributed by atoms with van der Waals surface area (Å²) < 4.78 is 4.62. The molecular formula is C11H13ClN2O2. The van der Waals surface area contributed by atoms with Gasteiger partial charge in [-0.2, -0.15) is 0 Å². The molecule has 2 rings (SSSR count). The van der Waals surface area contributed by atoms with Gasteiger partial charge in [0.05, 0.1) is 7.11 Å². The summed E-state index contributed by atoms with van der Waals surface area (Å²) in [5, 5.41) is 0.954. The molecule has 1 heterocycles. The summed E-state index contributed by atoms with van der Waals surface area (Å²) in [5.41, 5.74) is 7.53. The smallest absolute Gasteiger partial charge is 0.327 e. The fraction of sp³-hybridized carbons (Fsp3) is 0.182. The number of ether oxygens (including phenoxy) is 1. The molecule has 16 heavy (non-hydrogen) atoms. The Kier molecular flexibility index (Phi) is 3.93. The average Bonchev–Trinajstić information content (AvgIpc) is 2.74. The topological polar surface area (TPSA) is 68.1 Å². The van der Waals surface area contributed by atoms with Gasteiger partial charge in [-0.3, -0.25) is 4.79 Å². The first-order chi connectivity index (χ1) is 7.24. The quantitative estimate of drug-likeness (QED) is 0.786. The maximum atomic E-state index is 11.3. The van der Waals surface area contributed by atoms with Gasteiger partial charge in [0.15, 0.2) is 0 Å². The molecule has 3 N–H and O–H groups in total. The number of benzene rings is 1. The highest BCUT2D eigenvalue weighted by Gasteiger charge is 2.18. The van der Waals surface area contributed by atoms with E-state index in [4.69, 9.17) is 5.73 Å². The minimum atomic E-state index is -0.727. The van der Waals surface area contributed by atoms with Crippen molar-refractivity contribution in [2.75, 3.05) is 7.11 Å². The number of esters is 1. The van der Waals surface area contributed by atoms with Crippen molar-refractivity contribution in [3.63, 3.8) is 0 Å². The number of rotatable bonds is 2. The molecule has 0 aliphatic rings. The zero-order valence-electron chi connectivity index (χ0n) is 8.77. The van der Waals surface area contributed by atoms with Crippen LogP contribution in [0.5, 0.6) is 0 Å². The van der Waals surface area contributed by atoms with Crippen LogP contribution in [0.3, 0.4) is 0 Å². The Bertz CT molecular complexity index is 495. The Hall–Kier alpha value is -1.52. The van der Waals surface area contributed by atoms with E-state index >= 15 is 0 Å². The van der Waals surface area contributed by atoms with Crippen molar-refractivity contribution >= 4 is 29.3 Å². The van der Waals surface area contributed by atoms with Crippen molar-refractivity contribution in [3.8, 4) is 0 Å². The van der Waals surface area contributed by atoms with Crippen molar-refractivity contribution in [1.29, 1.82) is 0 Å². The number of carbonyl (C=O) groups excluding carboxylic acids is 1. The van der Waals surface area contributed by atoms with E-state index in [1.165, 1.54) is 7.11 Å². The van der Waals surface area contributed by atoms with E-state index in [9.17, 15) is 4.79 Å². The lowest BCUT2D eigenvalue weighted by Crippen LogP contribution is -2.22. The second kappa shape index (κ2) is 5.01. The largest absolute Gasteiger partial charge is 0.468 e. The number of methoxy groups -OCH3 is 1. The number of nitrogens with one attached hydrogen (secondary N) is 1. The zero-order valence-corrected chi connectivity index (χ0v) is 9.58. The second-order valence-electron chi connectivity index (χ2n) is 3.29. The highest BCUT2D eigenvalue weighted by atomic mass is 35.5. The van der Waals surface area contributed by atoms with E-state index in [-0.39, 0.29) is 12.4 Å². The first-order valence-electron chi connectivity index (χ1n) is 4.63. The molecular weight excluding hydrogens is 228 g/mol. The first-order valence-corrected chi connectivity index (χ1v) is 4.63. The van der Waals surface area contributed by atoms with Gasteiger partial charge in [0.2, 0.25) is 0 Å². The number of fused-ring (bicyclic) bond motifs is 1. The van der Waals surface area contributed by atoms with E-state index in [2.05, 4.69) is 9.72 Å². The molecule has 0 fully saturated rings. The van der Waals surface area contributed by atoms with Crippen LogP contribution < -0.4 is 5.73 Å². The summed E-state index contributed by atoms with van der Waals surface area (Å²) in [6.45, 7) is 0. The van der Waals surface area contributed by atoms with Crippen molar-refractivity contribution in [3.05, 3.63) is 36.0 Å². The molecule has 1 atom stereocenters. The molecule has 0 spiro atoms. The summed E-state index contributed by atoms with van der Waals surface area (Å²) in [5.74, 6) is -0.427. The fourth-order valence-corrected chi connectivity index (χ4v) is 1.63. The molecule has 0 unspecified atom stereocenters. The standard InChI is InChI=1S/C11H12N2O2.ClH/c1-15-11(14)10(12)8-3-2-4-9-7(8)5-6-13-9;/h2-6,10,13H,12H2,1H3;1H/t10-;/m1./s1. The van der Waals surface area contributed by atoms with Crippen molar-refractivity contribution in [2.45, 2.75) is 6.04 Å². The van der Waals surface area contributed by atoms with E-state index < -0.39 is 12.0 Å². The molecule has 0 bridgehead atoms. The SMILES string of the molecule is COC(=O)[C@H](N)c1cccc2[nH]ccc12.Cl. The Morgan fingerprint density at radius 2 is 2.19 bits per heavy atom. The number of aromatic nitrogens is 1. The molecule has 0 saturated carbocycles. The molecule has 1 aromatic carbocycles. The third-order valence-electron chi connectivity index (χ3n) is 2.42. The van der Waals surface area contributed by atoms with E-state index in [1.54, 1.807) is 0 Å². The van der Waals surface area contributed by atoms with Gasteiger partial charge in [0.25, 0.3) is 0 Å². The fourth-order valence-electron chi connectivity index (χ4n) is 1.63. The summed E-state index contributed by atoms with van der Waals surface area (Å²) in [4.78, 5) is 14.4. The van der Waals surface area contributed by atoms with Gasteiger partial charge in [-0.25, -0.2) is 0 Å². The molecule has 2 aromatic rings. The number of H-pyrrole nitrogens is 1. The molecule has 0 saturated heterocycles. The van der Waals surface area contributed by atoms with Gasteiger partial charge < -0.3 is 15.5 Å². The third-order valence-corrected chi connectivity index (χ3v) is 2.42. The summed E-state index contributed by atoms with van der Waals surface area (Å²) >= 11 is 0. The number of nitrogens with two attached hydrogens (primary N) is 1. The van der Waals surface area contributed by atoms with Crippen LogP contribution in [0.4, 0.5) is 0 Å². The maximum absolute atomic E-state index is 11.3. The van der Waals surface area contributed by atoms with Gasteiger partial charge in [-0.1, -0.05) is 12.1 Å². The lowest BCUT2D eigenvalue weighted by atomic mass is 10.0. The predicted molar refractivity (Wildman–Crippen MR) is 64.5 cm³/mol. The molecule has 0 aliphatic carbocycles. The van der Waals surface area contributed by atoms with E-state index in [0.717, 1.165) is 16.5 Å². The van der Waals surface area contributed by atoms with Crippen LogP contribution in [0.1, 0.15) is 11.6 Å². The lowest BCUT2D eigenvalue weighted by molar-refractivity contribution is -0.142. The van der Waals surface area contributed by atoms with Crippen LogP contribution in [0.2, 0.25) is 0 Å². The van der Waals surface area contributed by atoms with Crippen LogP contribution in [-0.4, -0.2) is 18.1 Å². The molecule has 4 nitrogen and oxygen atoms in total. The van der Waals surface area contributed by atoms with E-state index in [1.807, 2.05) is 30.5 Å². The second-order valence-corrected chi connectivity index (χ2v) is 3.29. The number of hydrogen-bond acceptors (Lipinski definition) is 3.